The Morgan fingerprint density at radius 2 is 1.68 bits per heavy atom. The lowest BCUT2D eigenvalue weighted by atomic mass is 9.51. The molecule has 7 heteroatoms. The van der Waals surface area contributed by atoms with Crippen molar-refractivity contribution in [1.29, 1.82) is 0 Å². The molecular weight excluding hydrogens is 430 g/mol. The van der Waals surface area contributed by atoms with Gasteiger partial charge in [0.25, 0.3) is 0 Å². The van der Waals surface area contributed by atoms with Crippen molar-refractivity contribution in [2.45, 2.75) is 70.9 Å². The summed E-state index contributed by atoms with van der Waals surface area (Å²) in [6, 6.07) is 6.89. The maximum absolute atomic E-state index is 13.3. The molecule has 1 aromatic heterocycles. The predicted molar refractivity (Wildman–Crippen MR) is 129 cm³/mol. The number of hydrogen-bond acceptors (Lipinski definition) is 4. The standard InChI is InChI=1S/C27H35N3O4/c1-27(2,3)34-26(33)29-22(13-19-14-28-21-7-5-4-6-20(19)21)24(31)30-25(32)23-17-9-15-8-16(11-17)12-18(23)10-15/h4-7,14-18,22-23,28H,8-13H2,1-3H3,(H,29,33)(H,30,31,32)/t15?,16?,17?,18?,22-,23?/m1/s1. The van der Waals surface area contributed by atoms with Crippen molar-refractivity contribution < 1.29 is 19.1 Å². The number of nitrogens with one attached hydrogen (secondary N) is 3. The first-order valence-electron chi connectivity index (χ1n) is 12.6. The van der Waals surface area contributed by atoms with Crippen molar-refractivity contribution in [2.24, 2.45) is 29.6 Å². The van der Waals surface area contributed by atoms with Gasteiger partial charge < -0.3 is 15.0 Å². The van der Waals surface area contributed by atoms with E-state index in [-0.39, 0.29) is 18.2 Å². The second-order valence-electron chi connectivity index (χ2n) is 11.6. The van der Waals surface area contributed by atoms with Gasteiger partial charge in [0.05, 0.1) is 0 Å². The number of ether oxygens (including phenoxy) is 1. The molecule has 6 rings (SSSR count). The lowest BCUT2D eigenvalue weighted by Gasteiger charge is -2.53. The second-order valence-corrected chi connectivity index (χ2v) is 11.6. The smallest absolute Gasteiger partial charge is 0.408 e. The molecule has 4 aliphatic carbocycles. The van der Waals surface area contributed by atoms with E-state index in [9.17, 15) is 14.4 Å². The average molecular weight is 466 g/mol. The number of rotatable bonds is 5. The molecule has 0 unspecified atom stereocenters. The van der Waals surface area contributed by atoms with Gasteiger partial charge >= 0.3 is 6.09 Å². The number of benzene rings is 1. The van der Waals surface area contributed by atoms with Crippen LogP contribution in [-0.4, -0.2) is 34.5 Å². The summed E-state index contributed by atoms with van der Waals surface area (Å²) in [4.78, 5) is 42.4. The van der Waals surface area contributed by atoms with E-state index in [2.05, 4.69) is 15.6 Å². The number of carbonyl (C=O) groups excluding carboxylic acids is 3. The van der Waals surface area contributed by atoms with E-state index in [4.69, 9.17) is 4.74 Å². The number of aromatic nitrogens is 1. The summed E-state index contributed by atoms with van der Waals surface area (Å²) in [6.07, 6.45) is 7.16. The number of amides is 3. The van der Waals surface area contributed by atoms with Gasteiger partial charge in [0, 0.05) is 29.4 Å². The molecule has 0 radical (unpaired) electrons. The van der Waals surface area contributed by atoms with Crippen molar-refractivity contribution in [2.75, 3.05) is 0 Å². The molecule has 7 nitrogen and oxygen atoms in total. The monoisotopic (exact) mass is 465 g/mol. The van der Waals surface area contributed by atoms with Gasteiger partial charge in [-0.05, 0) is 88.2 Å². The highest BCUT2D eigenvalue weighted by Gasteiger charge is 2.51. The Bertz CT molecular complexity index is 1070. The summed E-state index contributed by atoms with van der Waals surface area (Å²) in [5, 5.41) is 6.37. The highest BCUT2D eigenvalue weighted by molar-refractivity contribution is 6.00. The van der Waals surface area contributed by atoms with Gasteiger partial charge in [-0.3, -0.25) is 14.9 Å². The summed E-state index contributed by atoms with van der Waals surface area (Å²) in [7, 11) is 0. The molecule has 4 saturated carbocycles. The van der Waals surface area contributed by atoms with Crippen LogP contribution in [0.15, 0.2) is 30.5 Å². The molecule has 4 fully saturated rings. The maximum atomic E-state index is 13.3. The predicted octanol–water partition coefficient (Wildman–Crippen LogP) is 4.32. The van der Waals surface area contributed by atoms with Crippen LogP contribution in [0.25, 0.3) is 10.9 Å². The van der Waals surface area contributed by atoms with Gasteiger partial charge in [-0.2, -0.15) is 0 Å². The first-order valence-corrected chi connectivity index (χ1v) is 12.6. The van der Waals surface area contributed by atoms with Crippen LogP contribution >= 0.6 is 0 Å². The quantitative estimate of drug-likeness (QED) is 0.612. The number of H-pyrrole nitrogens is 1. The Morgan fingerprint density at radius 3 is 2.32 bits per heavy atom. The molecular formula is C27H35N3O4. The first-order chi connectivity index (χ1) is 16.2. The zero-order valence-electron chi connectivity index (χ0n) is 20.2. The number of alkyl carbamates (subject to hydrolysis) is 1. The highest BCUT2D eigenvalue weighted by atomic mass is 16.6. The fourth-order valence-corrected chi connectivity index (χ4v) is 6.82. The van der Waals surface area contributed by atoms with Crippen LogP contribution in [-0.2, 0) is 20.7 Å². The van der Waals surface area contributed by atoms with E-state index in [0.29, 0.717) is 11.8 Å². The number of aromatic amines is 1. The molecule has 1 atom stereocenters. The van der Waals surface area contributed by atoms with Crippen LogP contribution in [0.3, 0.4) is 0 Å². The van der Waals surface area contributed by atoms with E-state index in [0.717, 1.165) is 54.0 Å². The van der Waals surface area contributed by atoms with Crippen LogP contribution in [0.2, 0.25) is 0 Å². The van der Waals surface area contributed by atoms with Crippen LogP contribution in [0.1, 0.15) is 58.4 Å². The zero-order chi connectivity index (χ0) is 24.0. The molecule has 34 heavy (non-hydrogen) atoms. The molecule has 4 bridgehead atoms. The van der Waals surface area contributed by atoms with Gasteiger partial charge in [0.2, 0.25) is 11.8 Å². The fourth-order valence-electron chi connectivity index (χ4n) is 6.82. The van der Waals surface area contributed by atoms with Gasteiger partial charge in [0.15, 0.2) is 0 Å². The summed E-state index contributed by atoms with van der Waals surface area (Å²) >= 11 is 0. The molecule has 3 N–H and O–H groups in total. The summed E-state index contributed by atoms with van der Waals surface area (Å²) < 4.78 is 5.40. The number of fused-ring (bicyclic) bond motifs is 1. The zero-order valence-corrected chi connectivity index (χ0v) is 20.2. The number of imide groups is 1. The average Bonchev–Trinajstić information content (AvgIpc) is 3.14. The molecule has 2 aromatic rings. The van der Waals surface area contributed by atoms with Gasteiger partial charge in [-0.25, -0.2) is 4.79 Å². The maximum Gasteiger partial charge on any atom is 0.408 e. The minimum absolute atomic E-state index is 0.0907. The Labute approximate surface area is 200 Å². The van der Waals surface area contributed by atoms with Gasteiger partial charge in [0.1, 0.15) is 11.6 Å². The number of hydrogen-bond donors (Lipinski definition) is 3. The van der Waals surface area contributed by atoms with Gasteiger partial charge in [-0.1, -0.05) is 18.2 Å². The summed E-state index contributed by atoms with van der Waals surface area (Å²) in [5.41, 5.74) is 1.16. The van der Waals surface area contributed by atoms with E-state index in [1.54, 1.807) is 20.8 Å². The molecule has 1 heterocycles. The Hall–Kier alpha value is -2.83. The third-order valence-electron chi connectivity index (χ3n) is 7.88. The van der Waals surface area contributed by atoms with Crippen LogP contribution in [0.4, 0.5) is 4.79 Å². The van der Waals surface area contributed by atoms with Crippen molar-refractivity contribution in [3.63, 3.8) is 0 Å². The molecule has 3 amide bonds. The van der Waals surface area contributed by atoms with Crippen molar-refractivity contribution in [1.82, 2.24) is 15.6 Å². The minimum Gasteiger partial charge on any atom is -0.444 e. The van der Waals surface area contributed by atoms with E-state index >= 15 is 0 Å². The molecule has 4 aliphatic rings. The molecule has 0 spiro atoms. The van der Waals surface area contributed by atoms with E-state index in [1.807, 2.05) is 30.5 Å². The van der Waals surface area contributed by atoms with E-state index in [1.165, 1.54) is 6.42 Å². The van der Waals surface area contributed by atoms with Crippen LogP contribution in [0.5, 0.6) is 0 Å². The summed E-state index contributed by atoms with van der Waals surface area (Å²) in [6.45, 7) is 5.33. The lowest BCUT2D eigenvalue weighted by Crippen LogP contribution is -2.55. The second kappa shape index (κ2) is 8.75. The Kier molecular flexibility index (Phi) is 5.90. The molecule has 182 valence electrons. The third-order valence-corrected chi connectivity index (χ3v) is 7.88. The van der Waals surface area contributed by atoms with Crippen molar-refractivity contribution in [3.8, 4) is 0 Å². The minimum atomic E-state index is -0.921. The molecule has 1 aromatic carbocycles. The van der Waals surface area contributed by atoms with Gasteiger partial charge in [-0.15, -0.1) is 0 Å². The Balaban J connectivity index is 1.32. The molecule has 0 saturated heterocycles. The number of carbonyl (C=O) groups is 3. The normalized spacial score (nSPS) is 28.5. The van der Waals surface area contributed by atoms with Crippen LogP contribution < -0.4 is 10.6 Å². The summed E-state index contributed by atoms with van der Waals surface area (Å²) in [5.74, 6) is 1.54. The lowest BCUT2D eigenvalue weighted by molar-refractivity contribution is -0.142. The van der Waals surface area contributed by atoms with Crippen molar-refractivity contribution in [3.05, 3.63) is 36.0 Å². The topological polar surface area (TPSA) is 100 Å². The molecule has 0 aliphatic heterocycles. The Morgan fingerprint density at radius 1 is 1.03 bits per heavy atom. The highest BCUT2D eigenvalue weighted by Crippen LogP contribution is 2.56. The largest absolute Gasteiger partial charge is 0.444 e. The van der Waals surface area contributed by atoms with E-state index < -0.39 is 23.6 Å². The fraction of sp³-hybridized carbons (Fsp3) is 0.593. The van der Waals surface area contributed by atoms with Crippen molar-refractivity contribution >= 4 is 28.8 Å². The van der Waals surface area contributed by atoms with Crippen LogP contribution in [0, 0.1) is 29.6 Å². The SMILES string of the molecule is CC(C)(C)OC(=O)N[C@H](Cc1c[nH]c2ccccc12)C(=O)NC(=O)C1C2CC3CC(C2)CC1C3. The number of para-hydroxylation sites is 1. The third kappa shape index (κ3) is 4.70. The first kappa shape index (κ1) is 22.9.